The molecule has 0 saturated heterocycles. The largest absolute Gasteiger partial charge is 0.352 e. The summed E-state index contributed by atoms with van der Waals surface area (Å²) in [5, 5.41) is 2.99. The number of carbonyl (C=O) groups excluding carboxylic acids is 1. The van der Waals surface area contributed by atoms with E-state index >= 15 is 0 Å². The first-order valence-corrected chi connectivity index (χ1v) is 6.18. The number of nitrogens with one attached hydrogen (secondary N) is 1. The number of rotatable bonds is 4. The van der Waals surface area contributed by atoms with Crippen LogP contribution < -0.4 is 11.1 Å². The molecule has 1 fully saturated rings. The Labute approximate surface area is 102 Å². The average molecular weight is 232 g/mol. The van der Waals surface area contributed by atoms with E-state index in [0.29, 0.717) is 19.0 Å². The molecule has 1 aliphatic rings. The number of amides is 1. The SMILES string of the molecule is CC1CC(CN)(C(=O)NCc2ccccc2)C1. The van der Waals surface area contributed by atoms with Crippen LogP contribution in [0.1, 0.15) is 25.3 Å². The lowest BCUT2D eigenvalue weighted by molar-refractivity contribution is -0.138. The predicted octanol–water partition coefficient (Wildman–Crippen LogP) is 1.68. The van der Waals surface area contributed by atoms with Crippen LogP contribution >= 0.6 is 0 Å². The van der Waals surface area contributed by atoms with E-state index in [0.717, 1.165) is 18.4 Å². The van der Waals surface area contributed by atoms with E-state index in [1.807, 2.05) is 30.3 Å². The minimum Gasteiger partial charge on any atom is -0.352 e. The smallest absolute Gasteiger partial charge is 0.227 e. The highest BCUT2D eigenvalue weighted by atomic mass is 16.2. The predicted molar refractivity (Wildman–Crippen MR) is 68.2 cm³/mol. The van der Waals surface area contributed by atoms with Crippen LogP contribution in [0, 0.1) is 11.3 Å². The molecule has 3 heteroatoms. The van der Waals surface area contributed by atoms with Crippen LogP contribution in [-0.2, 0) is 11.3 Å². The van der Waals surface area contributed by atoms with Gasteiger partial charge in [0, 0.05) is 13.1 Å². The zero-order valence-electron chi connectivity index (χ0n) is 10.3. The molecule has 1 saturated carbocycles. The number of hydrogen-bond acceptors (Lipinski definition) is 2. The van der Waals surface area contributed by atoms with Gasteiger partial charge in [0.1, 0.15) is 0 Å². The maximum absolute atomic E-state index is 12.1. The van der Waals surface area contributed by atoms with E-state index < -0.39 is 0 Å². The molecule has 0 spiro atoms. The molecule has 1 aromatic rings. The third-order valence-electron chi connectivity index (χ3n) is 3.65. The number of benzene rings is 1. The molecule has 1 aliphatic carbocycles. The quantitative estimate of drug-likeness (QED) is 0.829. The molecule has 0 bridgehead atoms. The molecule has 3 nitrogen and oxygen atoms in total. The summed E-state index contributed by atoms with van der Waals surface area (Å²) < 4.78 is 0. The molecule has 1 amide bonds. The summed E-state index contributed by atoms with van der Waals surface area (Å²) in [6.45, 7) is 3.21. The zero-order chi connectivity index (χ0) is 12.3. The Morgan fingerprint density at radius 1 is 1.41 bits per heavy atom. The van der Waals surface area contributed by atoms with E-state index in [1.54, 1.807) is 0 Å². The number of hydrogen-bond donors (Lipinski definition) is 2. The van der Waals surface area contributed by atoms with Crippen molar-refractivity contribution in [3.63, 3.8) is 0 Å². The van der Waals surface area contributed by atoms with E-state index in [2.05, 4.69) is 12.2 Å². The Bertz CT molecular complexity index is 382. The highest BCUT2D eigenvalue weighted by Crippen LogP contribution is 2.44. The number of nitrogens with two attached hydrogens (primary N) is 1. The fourth-order valence-electron chi connectivity index (χ4n) is 2.68. The molecule has 2 rings (SSSR count). The van der Waals surface area contributed by atoms with Gasteiger partial charge in [0.05, 0.1) is 5.41 Å². The Morgan fingerprint density at radius 2 is 2.06 bits per heavy atom. The van der Waals surface area contributed by atoms with Gasteiger partial charge in [-0.05, 0) is 24.3 Å². The summed E-state index contributed by atoms with van der Waals surface area (Å²) in [6, 6.07) is 9.95. The molecule has 17 heavy (non-hydrogen) atoms. The van der Waals surface area contributed by atoms with Crippen molar-refractivity contribution in [2.24, 2.45) is 17.1 Å². The van der Waals surface area contributed by atoms with E-state index in [1.165, 1.54) is 0 Å². The van der Waals surface area contributed by atoms with Crippen molar-refractivity contribution in [3.05, 3.63) is 35.9 Å². The van der Waals surface area contributed by atoms with Crippen LogP contribution in [0.5, 0.6) is 0 Å². The first-order valence-electron chi connectivity index (χ1n) is 6.18. The molecule has 3 N–H and O–H groups in total. The van der Waals surface area contributed by atoms with Crippen LogP contribution in [-0.4, -0.2) is 12.5 Å². The van der Waals surface area contributed by atoms with Crippen LogP contribution in [0.15, 0.2) is 30.3 Å². The lowest BCUT2D eigenvalue weighted by Gasteiger charge is -2.44. The lowest BCUT2D eigenvalue weighted by atomic mass is 9.62. The Balaban J connectivity index is 1.89. The van der Waals surface area contributed by atoms with Gasteiger partial charge in [-0.3, -0.25) is 4.79 Å². The van der Waals surface area contributed by atoms with Crippen LogP contribution in [0.4, 0.5) is 0 Å². The van der Waals surface area contributed by atoms with Crippen molar-refractivity contribution in [2.45, 2.75) is 26.3 Å². The van der Waals surface area contributed by atoms with Gasteiger partial charge < -0.3 is 11.1 Å². The molecule has 0 unspecified atom stereocenters. The van der Waals surface area contributed by atoms with Gasteiger partial charge in [0.2, 0.25) is 5.91 Å². The average Bonchev–Trinajstić information content (AvgIpc) is 2.33. The minimum atomic E-state index is -0.297. The van der Waals surface area contributed by atoms with Gasteiger partial charge in [0.15, 0.2) is 0 Å². The summed E-state index contributed by atoms with van der Waals surface area (Å²) in [7, 11) is 0. The second-order valence-corrected chi connectivity index (χ2v) is 5.17. The molecular formula is C14H20N2O. The van der Waals surface area contributed by atoms with Gasteiger partial charge in [-0.15, -0.1) is 0 Å². The third kappa shape index (κ3) is 2.50. The first-order chi connectivity index (χ1) is 8.16. The molecule has 0 aliphatic heterocycles. The second kappa shape index (κ2) is 4.88. The lowest BCUT2D eigenvalue weighted by Crippen LogP contribution is -2.53. The Kier molecular flexibility index (Phi) is 3.48. The fraction of sp³-hybridized carbons (Fsp3) is 0.500. The highest BCUT2D eigenvalue weighted by Gasteiger charge is 2.46. The van der Waals surface area contributed by atoms with Crippen molar-refractivity contribution in [3.8, 4) is 0 Å². The van der Waals surface area contributed by atoms with E-state index in [-0.39, 0.29) is 11.3 Å². The van der Waals surface area contributed by atoms with E-state index in [9.17, 15) is 4.79 Å². The normalized spacial score (nSPS) is 27.3. The third-order valence-corrected chi connectivity index (χ3v) is 3.65. The number of carbonyl (C=O) groups is 1. The summed E-state index contributed by atoms with van der Waals surface area (Å²) >= 11 is 0. The summed E-state index contributed by atoms with van der Waals surface area (Å²) in [4.78, 5) is 12.1. The second-order valence-electron chi connectivity index (χ2n) is 5.17. The fourth-order valence-corrected chi connectivity index (χ4v) is 2.68. The van der Waals surface area contributed by atoms with Gasteiger partial charge in [-0.2, -0.15) is 0 Å². The highest BCUT2D eigenvalue weighted by molar-refractivity contribution is 5.83. The molecule has 0 aromatic heterocycles. The van der Waals surface area contributed by atoms with Crippen LogP contribution in [0.2, 0.25) is 0 Å². The topological polar surface area (TPSA) is 55.1 Å². The van der Waals surface area contributed by atoms with Crippen LogP contribution in [0.3, 0.4) is 0 Å². The maximum atomic E-state index is 12.1. The molecule has 92 valence electrons. The van der Waals surface area contributed by atoms with Gasteiger partial charge in [-0.25, -0.2) is 0 Å². The monoisotopic (exact) mass is 232 g/mol. The van der Waals surface area contributed by atoms with Crippen molar-refractivity contribution in [1.29, 1.82) is 0 Å². The summed E-state index contributed by atoms with van der Waals surface area (Å²) in [5.74, 6) is 0.739. The van der Waals surface area contributed by atoms with Crippen LogP contribution in [0.25, 0.3) is 0 Å². The summed E-state index contributed by atoms with van der Waals surface area (Å²) in [6.07, 6.45) is 1.84. The van der Waals surface area contributed by atoms with E-state index in [4.69, 9.17) is 5.73 Å². The van der Waals surface area contributed by atoms with Crippen molar-refractivity contribution < 1.29 is 4.79 Å². The van der Waals surface area contributed by atoms with Gasteiger partial charge in [-0.1, -0.05) is 37.3 Å². The Morgan fingerprint density at radius 3 is 2.59 bits per heavy atom. The molecule has 0 heterocycles. The molecule has 0 radical (unpaired) electrons. The molecule has 1 aromatic carbocycles. The Hall–Kier alpha value is -1.35. The molecular weight excluding hydrogens is 212 g/mol. The molecule has 0 atom stereocenters. The van der Waals surface area contributed by atoms with Crippen molar-refractivity contribution >= 4 is 5.91 Å². The standard InChI is InChI=1S/C14H20N2O/c1-11-7-14(8-11,10-15)13(17)16-9-12-5-3-2-4-6-12/h2-6,11H,7-10,15H2,1H3,(H,16,17). The van der Waals surface area contributed by atoms with Gasteiger partial charge >= 0.3 is 0 Å². The summed E-state index contributed by atoms with van der Waals surface area (Å²) in [5.41, 5.74) is 6.57. The first kappa shape index (κ1) is 12.1. The van der Waals surface area contributed by atoms with Gasteiger partial charge in [0.25, 0.3) is 0 Å². The maximum Gasteiger partial charge on any atom is 0.227 e. The minimum absolute atomic E-state index is 0.113. The zero-order valence-corrected chi connectivity index (χ0v) is 10.3. The van der Waals surface area contributed by atoms with Crippen molar-refractivity contribution in [1.82, 2.24) is 5.32 Å². The van der Waals surface area contributed by atoms with Crippen molar-refractivity contribution in [2.75, 3.05) is 6.54 Å².